The molecule has 0 amide bonds. The van der Waals surface area contributed by atoms with Gasteiger partial charge in [0.25, 0.3) is 0 Å². The molecule has 0 spiro atoms. The van der Waals surface area contributed by atoms with Crippen LogP contribution >= 0.6 is 0 Å². The number of fused-ring (bicyclic) bond motifs is 3. The summed E-state index contributed by atoms with van der Waals surface area (Å²) in [6.07, 6.45) is 14.8. The maximum Gasteiger partial charge on any atom is -0.0380 e. The average Bonchev–Trinajstić information content (AvgIpc) is 2.65. The van der Waals surface area contributed by atoms with Crippen LogP contribution in [-0.2, 0) is 0 Å². The summed E-state index contributed by atoms with van der Waals surface area (Å²) >= 11 is 0. The van der Waals surface area contributed by atoms with Gasteiger partial charge in [-0.15, -0.1) is 0 Å². The summed E-state index contributed by atoms with van der Waals surface area (Å²) in [7, 11) is 0. The summed E-state index contributed by atoms with van der Waals surface area (Å²) < 4.78 is 0. The fourth-order valence-corrected chi connectivity index (χ4v) is 4.31. The van der Waals surface area contributed by atoms with Crippen molar-refractivity contribution in [1.29, 1.82) is 0 Å². The van der Waals surface area contributed by atoms with Crippen molar-refractivity contribution in [2.75, 3.05) is 0 Å². The Labute approximate surface area is 82.1 Å². The van der Waals surface area contributed by atoms with Gasteiger partial charge in [0.1, 0.15) is 0 Å². The highest BCUT2D eigenvalue weighted by Crippen LogP contribution is 2.52. The third-order valence-corrected chi connectivity index (χ3v) is 4.94. The van der Waals surface area contributed by atoms with Crippen molar-refractivity contribution >= 4 is 0 Å². The highest BCUT2D eigenvalue weighted by atomic mass is 14.5. The molecule has 74 valence electrons. The van der Waals surface area contributed by atoms with Crippen molar-refractivity contribution in [2.24, 2.45) is 23.7 Å². The Hall–Kier alpha value is 0. The largest absolute Gasteiger partial charge is 0.328 e. The first kappa shape index (κ1) is 8.32. The van der Waals surface area contributed by atoms with Crippen LogP contribution in [0.2, 0.25) is 0 Å². The van der Waals surface area contributed by atoms with Gasteiger partial charge in [0.15, 0.2) is 0 Å². The lowest BCUT2D eigenvalue weighted by atomic mass is 9.62. The van der Waals surface area contributed by atoms with E-state index in [0.29, 0.717) is 0 Å². The van der Waals surface area contributed by atoms with Gasteiger partial charge in [-0.25, -0.2) is 0 Å². The molecule has 0 aromatic heterocycles. The smallest absolute Gasteiger partial charge is 0.0380 e. The molecular formula is C13H21-. The quantitative estimate of drug-likeness (QED) is 0.493. The lowest BCUT2D eigenvalue weighted by Crippen LogP contribution is -2.33. The van der Waals surface area contributed by atoms with Crippen LogP contribution in [0.1, 0.15) is 51.4 Å². The lowest BCUT2D eigenvalue weighted by molar-refractivity contribution is 0.0731. The minimum atomic E-state index is 1.11. The first-order chi connectivity index (χ1) is 6.45. The van der Waals surface area contributed by atoms with E-state index < -0.39 is 0 Å². The van der Waals surface area contributed by atoms with Gasteiger partial charge >= 0.3 is 0 Å². The molecule has 0 N–H and O–H groups in total. The summed E-state index contributed by atoms with van der Waals surface area (Å²) in [6, 6.07) is 0. The van der Waals surface area contributed by atoms with Crippen molar-refractivity contribution in [3.63, 3.8) is 0 Å². The molecule has 3 fully saturated rings. The Kier molecular flexibility index (Phi) is 2.11. The molecule has 0 saturated heterocycles. The molecule has 0 heterocycles. The van der Waals surface area contributed by atoms with Gasteiger partial charge in [0.2, 0.25) is 0 Å². The number of hydrogen-bond donors (Lipinski definition) is 0. The van der Waals surface area contributed by atoms with E-state index in [-0.39, 0.29) is 0 Å². The van der Waals surface area contributed by atoms with Crippen LogP contribution in [0.15, 0.2) is 0 Å². The monoisotopic (exact) mass is 177 g/mol. The van der Waals surface area contributed by atoms with Gasteiger partial charge in [-0.2, -0.15) is 12.8 Å². The molecule has 3 aliphatic rings. The van der Waals surface area contributed by atoms with Crippen molar-refractivity contribution < 1.29 is 0 Å². The Morgan fingerprint density at radius 1 is 0.692 bits per heavy atom. The minimum Gasteiger partial charge on any atom is -0.328 e. The molecule has 3 rings (SSSR count). The van der Waals surface area contributed by atoms with Gasteiger partial charge in [0.05, 0.1) is 0 Å². The molecule has 3 aliphatic carbocycles. The van der Waals surface area contributed by atoms with E-state index >= 15 is 0 Å². The third-order valence-electron chi connectivity index (χ3n) is 4.94. The van der Waals surface area contributed by atoms with Crippen molar-refractivity contribution in [3.8, 4) is 0 Å². The molecule has 0 aliphatic heterocycles. The second kappa shape index (κ2) is 3.29. The summed E-state index contributed by atoms with van der Waals surface area (Å²) in [5.41, 5.74) is 0. The maximum atomic E-state index is 2.58. The van der Waals surface area contributed by atoms with E-state index in [4.69, 9.17) is 0 Å². The standard InChI is InChI=1S/C13H21/c1-2-6-12-10(4-1)8-9-11-5-3-7-13(11)12/h3,10-13H,1-2,4-9H2/q-1. The first-order valence-electron chi connectivity index (χ1n) is 6.27. The lowest BCUT2D eigenvalue weighted by Gasteiger charge is -2.44. The zero-order chi connectivity index (χ0) is 8.67. The first-order valence-corrected chi connectivity index (χ1v) is 6.27. The number of rotatable bonds is 0. The Morgan fingerprint density at radius 3 is 2.54 bits per heavy atom. The van der Waals surface area contributed by atoms with Crippen LogP contribution < -0.4 is 0 Å². The van der Waals surface area contributed by atoms with Crippen LogP contribution in [0.3, 0.4) is 0 Å². The maximum absolute atomic E-state index is 2.58. The highest BCUT2D eigenvalue weighted by molar-refractivity contribution is 4.97. The topological polar surface area (TPSA) is 0 Å². The van der Waals surface area contributed by atoms with Crippen LogP contribution in [0.25, 0.3) is 0 Å². The van der Waals surface area contributed by atoms with Crippen molar-refractivity contribution in [3.05, 3.63) is 6.42 Å². The molecule has 0 aromatic carbocycles. The van der Waals surface area contributed by atoms with Gasteiger partial charge in [-0.3, -0.25) is 0 Å². The predicted octanol–water partition coefficient (Wildman–Crippen LogP) is 3.82. The van der Waals surface area contributed by atoms with E-state index in [0.717, 1.165) is 23.7 Å². The van der Waals surface area contributed by atoms with Crippen molar-refractivity contribution in [1.82, 2.24) is 0 Å². The fourth-order valence-electron chi connectivity index (χ4n) is 4.31. The summed E-state index contributed by atoms with van der Waals surface area (Å²) in [4.78, 5) is 0. The van der Waals surface area contributed by atoms with Crippen LogP contribution in [0.4, 0.5) is 0 Å². The molecule has 0 radical (unpaired) electrons. The molecule has 13 heavy (non-hydrogen) atoms. The molecular weight excluding hydrogens is 156 g/mol. The normalized spacial score (nSPS) is 49.8. The van der Waals surface area contributed by atoms with E-state index in [2.05, 4.69) is 6.42 Å². The average molecular weight is 177 g/mol. The minimum absolute atomic E-state index is 1.11. The van der Waals surface area contributed by atoms with Gasteiger partial charge in [0, 0.05) is 0 Å². The summed E-state index contributed by atoms with van der Waals surface area (Å²) in [6.45, 7) is 0. The molecule has 0 bridgehead atoms. The molecule has 4 unspecified atom stereocenters. The highest BCUT2D eigenvalue weighted by Gasteiger charge is 2.38. The van der Waals surface area contributed by atoms with Crippen LogP contribution in [-0.4, -0.2) is 0 Å². The molecule has 0 heteroatoms. The number of hydrogen-bond acceptors (Lipinski definition) is 0. The van der Waals surface area contributed by atoms with Gasteiger partial charge in [-0.05, 0) is 18.3 Å². The van der Waals surface area contributed by atoms with E-state index in [1.54, 1.807) is 25.7 Å². The summed E-state index contributed by atoms with van der Waals surface area (Å²) in [5, 5.41) is 0. The van der Waals surface area contributed by atoms with Crippen LogP contribution in [0.5, 0.6) is 0 Å². The second-order valence-electron chi connectivity index (χ2n) is 5.47. The Bertz CT molecular complexity index is 184. The fraction of sp³-hybridized carbons (Fsp3) is 0.923. The molecule has 4 atom stereocenters. The zero-order valence-electron chi connectivity index (χ0n) is 8.54. The van der Waals surface area contributed by atoms with E-state index in [1.807, 2.05) is 0 Å². The van der Waals surface area contributed by atoms with Gasteiger partial charge in [-0.1, -0.05) is 43.9 Å². The second-order valence-corrected chi connectivity index (χ2v) is 5.47. The summed E-state index contributed by atoms with van der Waals surface area (Å²) in [5.74, 6) is 4.52. The van der Waals surface area contributed by atoms with E-state index in [1.165, 1.54) is 25.7 Å². The van der Waals surface area contributed by atoms with Crippen LogP contribution in [0, 0.1) is 30.1 Å². The Morgan fingerprint density at radius 2 is 1.54 bits per heavy atom. The Balaban J connectivity index is 1.77. The SMILES string of the molecule is [CH-]1CC2CCC3CCCCC3C2C1. The predicted molar refractivity (Wildman–Crippen MR) is 55.2 cm³/mol. The zero-order valence-corrected chi connectivity index (χ0v) is 8.54. The van der Waals surface area contributed by atoms with Gasteiger partial charge < -0.3 is 6.42 Å². The molecule has 3 saturated carbocycles. The molecule has 0 aromatic rings. The van der Waals surface area contributed by atoms with E-state index in [9.17, 15) is 0 Å². The van der Waals surface area contributed by atoms with Crippen molar-refractivity contribution in [2.45, 2.75) is 51.4 Å². The third kappa shape index (κ3) is 1.33. The molecule has 0 nitrogen and oxygen atoms in total.